The fourth-order valence-electron chi connectivity index (χ4n) is 1.94. The maximum atomic E-state index is 5.68. The highest BCUT2D eigenvalue weighted by molar-refractivity contribution is 7.07. The Morgan fingerprint density at radius 1 is 1.62 bits per heavy atom. The number of ether oxygens (including phenoxy) is 1. The van der Waals surface area contributed by atoms with Crippen LogP contribution in [0.2, 0.25) is 0 Å². The second-order valence-corrected chi connectivity index (χ2v) is 5.14. The van der Waals surface area contributed by atoms with Crippen LogP contribution in [0.4, 0.5) is 0 Å². The number of nitrogens with zero attached hydrogens (tertiary/aromatic N) is 1. The van der Waals surface area contributed by atoms with Gasteiger partial charge in [0.05, 0.1) is 12.7 Å². The van der Waals surface area contributed by atoms with Gasteiger partial charge < -0.3 is 15.0 Å². The van der Waals surface area contributed by atoms with Gasteiger partial charge in [-0.1, -0.05) is 0 Å². The summed E-state index contributed by atoms with van der Waals surface area (Å²) in [6.45, 7) is 5.01. The second-order valence-electron chi connectivity index (χ2n) is 4.35. The number of hydrogen-bond acceptors (Lipinski definition) is 4. The molecule has 1 fully saturated rings. The van der Waals surface area contributed by atoms with Crippen LogP contribution in [0.1, 0.15) is 12.0 Å². The van der Waals surface area contributed by atoms with Gasteiger partial charge in [-0.05, 0) is 35.9 Å². The topological polar surface area (TPSA) is 24.5 Å². The Bertz CT molecular complexity index is 283. The summed E-state index contributed by atoms with van der Waals surface area (Å²) in [7, 11) is 2.17. The summed E-state index contributed by atoms with van der Waals surface area (Å²) in [4.78, 5) is 2.36. The molecule has 1 atom stereocenters. The Kier molecular flexibility index (Phi) is 4.78. The maximum absolute atomic E-state index is 5.68. The highest BCUT2D eigenvalue weighted by Crippen LogP contribution is 2.09. The molecule has 4 heteroatoms. The SMILES string of the molecule is CN(CCC1CNCCO1)Cc1ccsc1. The minimum Gasteiger partial charge on any atom is -0.376 e. The lowest BCUT2D eigenvalue weighted by Gasteiger charge is -2.25. The summed E-state index contributed by atoms with van der Waals surface area (Å²) in [6, 6.07) is 2.19. The molecule has 90 valence electrons. The summed E-state index contributed by atoms with van der Waals surface area (Å²) in [6.07, 6.45) is 1.52. The normalized spacial score (nSPS) is 21.5. The fraction of sp³-hybridized carbons (Fsp3) is 0.667. The van der Waals surface area contributed by atoms with Crippen LogP contribution >= 0.6 is 11.3 Å². The molecule has 1 saturated heterocycles. The van der Waals surface area contributed by atoms with Crippen LogP contribution in [0.3, 0.4) is 0 Å². The molecule has 1 unspecified atom stereocenters. The first-order valence-electron chi connectivity index (χ1n) is 5.86. The van der Waals surface area contributed by atoms with Gasteiger partial charge in [0, 0.05) is 26.2 Å². The molecule has 16 heavy (non-hydrogen) atoms. The summed E-state index contributed by atoms with van der Waals surface area (Å²) in [5, 5.41) is 7.72. The summed E-state index contributed by atoms with van der Waals surface area (Å²) in [5.41, 5.74) is 1.41. The molecule has 1 aliphatic heterocycles. The number of rotatable bonds is 5. The van der Waals surface area contributed by atoms with Crippen LogP contribution in [0.15, 0.2) is 16.8 Å². The number of morpholine rings is 1. The van der Waals surface area contributed by atoms with E-state index < -0.39 is 0 Å². The minimum absolute atomic E-state index is 0.402. The van der Waals surface area contributed by atoms with Crippen molar-refractivity contribution in [3.8, 4) is 0 Å². The first-order valence-corrected chi connectivity index (χ1v) is 6.81. The van der Waals surface area contributed by atoms with Crippen molar-refractivity contribution in [3.05, 3.63) is 22.4 Å². The predicted molar refractivity (Wildman–Crippen MR) is 67.9 cm³/mol. The molecular formula is C12H20N2OS. The average molecular weight is 240 g/mol. The highest BCUT2D eigenvalue weighted by Gasteiger charge is 2.13. The van der Waals surface area contributed by atoms with E-state index in [2.05, 4.69) is 34.1 Å². The molecule has 1 aromatic rings. The monoisotopic (exact) mass is 240 g/mol. The smallest absolute Gasteiger partial charge is 0.0712 e. The number of hydrogen-bond donors (Lipinski definition) is 1. The van der Waals surface area contributed by atoms with Crippen molar-refractivity contribution in [2.45, 2.75) is 19.1 Å². The van der Waals surface area contributed by atoms with E-state index in [1.807, 2.05) is 0 Å². The fourth-order valence-corrected chi connectivity index (χ4v) is 2.60. The third kappa shape index (κ3) is 3.87. The Morgan fingerprint density at radius 3 is 3.25 bits per heavy atom. The van der Waals surface area contributed by atoms with Crippen molar-refractivity contribution >= 4 is 11.3 Å². The number of thiophene rings is 1. The van der Waals surface area contributed by atoms with Crippen molar-refractivity contribution in [1.29, 1.82) is 0 Å². The standard InChI is InChI=1S/C12H20N2OS/c1-14(9-11-3-7-16-10-11)5-2-12-8-13-4-6-15-12/h3,7,10,12-13H,2,4-6,8-9H2,1H3. The minimum atomic E-state index is 0.402. The van der Waals surface area contributed by atoms with E-state index in [9.17, 15) is 0 Å². The molecule has 2 heterocycles. The zero-order valence-corrected chi connectivity index (χ0v) is 10.6. The molecule has 1 aromatic heterocycles. The highest BCUT2D eigenvalue weighted by atomic mass is 32.1. The van der Waals surface area contributed by atoms with Crippen LogP contribution in [0.5, 0.6) is 0 Å². The van der Waals surface area contributed by atoms with E-state index in [-0.39, 0.29) is 0 Å². The first kappa shape index (κ1) is 12.0. The molecule has 1 N–H and O–H groups in total. The third-order valence-electron chi connectivity index (χ3n) is 2.87. The Labute approximate surface area is 101 Å². The van der Waals surface area contributed by atoms with Crippen LogP contribution in [0, 0.1) is 0 Å². The predicted octanol–water partition coefficient (Wildman–Crippen LogP) is 1.56. The van der Waals surface area contributed by atoms with Gasteiger partial charge >= 0.3 is 0 Å². The van der Waals surface area contributed by atoms with E-state index in [1.165, 1.54) is 5.56 Å². The lowest BCUT2D eigenvalue weighted by atomic mass is 10.2. The van der Waals surface area contributed by atoms with Crippen LogP contribution in [-0.2, 0) is 11.3 Å². The van der Waals surface area contributed by atoms with Crippen molar-refractivity contribution < 1.29 is 4.74 Å². The van der Waals surface area contributed by atoms with Gasteiger partial charge in [0.2, 0.25) is 0 Å². The molecule has 0 aliphatic carbocycles. The van der Waals surface area contributed by atoms with Gasteiger partial charge in [0.1, 0.15) is 0 Å². The van der Waals surface area contributed by atoms with Gasteiger partial charge in [0.25, 0.3) is 0 Å². The molecule has 0 saturated carbocycles. The zero-order chi connectivity index (χ0) is 11.2. The maximum Gasteiger partial charge on any atom is 0.0712 e. The number of nitrogens with one attached hydrogen (secondary N) is 1. The van der Waals surface area contributed by atoms with Crippen molar-refractivity contribution in [2.75, 3.05) is 33.3 Å². The van der Waals surface area contributed by atoms with Crippen LogP contribution in [0.25, 0.3) is 0 Å². The van der Waals surface area contributed by atoms with E-state index in [1.54, 1.807) is 11.3 Å². The van der Waals surface area contributed by atoms with Gasteiger partial charge in [-0.25, -0.2) is 0 Å². The van der Waals surface area contributed by atoms with Crippen LogP contribution < -0.4 is 5.32 Å². The van der Waals surface area contributed by atoms with Crippen molar-refractivity contribution in [3.63, 3.8) is 0 Å². The van der Waals surface area contributed by atoms with E-state index in [0.29, 0.717) is 6.10 Å². The van der Waals surface area contributed by atoms with E-state index in [0.717, 1.165) is 39.2 Å². The Hall–Kier alpha value is -0.420. The molecular weight excluding hydrogens is 220 g/mol. The molecule has 0 amide bonds. The van der Waals surface area contributed by atoms with E-state index in [4.69, 9.17) is 4.74 Å². The van der Waals surface area contributed by atoms with E-state index >= 15 is 0 Å². The molecule has 1 aliphatic rings. The van der Waals surface area contributed by atoms with Gasteiger partial charge in [-0.3, -0.25) is 0 Å². The lowest BCUT2D eigenvalue weighted by molar-refractivity contribution is 0.0184. The van der Waals surface area contributed by atoms with Crippen molar-refractivity contribution in [1.82, 2.24) is 10.2 Å². The van der Waals surface area contributed by atoms with Gasteiger partial charge in [-0.15, -0.1) is 0 Å². The molecule has 0 aromatic carbocycles. The quantitative estimate of drug-likeness (QED) is 0.845. The first-order chi connectivity index (χ1) is 7.84. The zero-order valence-electron chi connectivity index (χ0n) is 9.82. The van der Waals surface area contributed by atoms with Gasteiger partial charge in [-0.2, -0.15) is 11.3 Å². The largest absolute Gasteiger partial charge is 0.376 e. The van der Waals surface area contributed by atoms with Crippen molar-refractivity contribution in [2.24, 2.45) is 0 Å². The second kappa shape index (κ2) is 6.35. The van der Waals surface area contributed by atoms with Gasteiger partial charge in [0.15, 0.2) is 0 Å². The molecule has 0 radical (unpaired) electrons. The van der Waals surface area contributed by atoms with Crippen LogP contribution in [-0.4, -0.2) is 44.3 Å². The summed E-state index contributed by atoms with van der Waals surface area (Å²) in [5.74, 6) is 0. The molecule has 0 bridgehead atoms. The third-order valence-corrected chi connectivity index (χ3v) is 3.60. The molecule has 2 rings (SSSR count). The Morgan fingerprint density at radius 2 is 2.56 bits per heavy atom. The summed E-state index contributed by atoms with van der Waals surface area (Å²) >= 11 is 1.77. The lowest BCUT2D eigenvalue weighted by Crippen LogP contribution is -2.40. The molecule has 0 spiro atoms. The Balaban J connectivity index is 1.65. The molecule has 3 nitrogen and oxygen atoms in total. The summed E-state index contributed by atoms with van der Waals surface area (Å²) < 4.78 is 5.68. The average Bonchev–Trinajstić information content (AvgIpc) is 2.81.